The average molecular weight is 296 g/mol. The Morgan fingerprint density at radius 1 is 1.33 bits per heavy atom. The van der Waals surface area contributed by atoms with Crippen molar-refractivity contribution in [2.24, 2.45) is 0 Å². The molecule has 0 heterocycles. The fraction of sp³-hybridized carbons (Fsp3) is 0.357. The second-order valence-corrected chi connectivity index (χ2v) is 4.80. The third-order valence-electron chi connectivity index (χ3n) is 3.34. The Morgan fingerprint density at radius 3 is 2.71 bits per heavy atom. The van der Waals surface area contributed by atoms with E-state index in [1.54, 1.807) is 0 Å². The molecule has 0 saturated heterocycles. The summed E-state index contributed by atoms with van der Waals surface area (Å²) in [6.45, 7) is 0.322. The number of amides is 1. The molecule has 0 aliphatic heterocycles. The van der Waals surface area contributed by atoms with Crippen molar-refractivity contribution < 1.29 is 18.5 Å². The van der Waals surface area contributed by atoms with E-state index in [4.69, 9.17) is 0 Å². The van der Waals surface area contributed by atoms with Crippen LogP contribution in [-0.4, -0.2) is 17.4 Å². The molecule has 2 rings (SSSR count). The van der Waals surface area contributed by atoms with Crippen LogP contribution in [-0.2, 0) is 0 Å². The van der Waals surface area contributed by atoms with E-state index >= 15 is 0 Å². The number of rotatable bonds is 5. The third-order valence-corrected chi connectivity index (χ3v) is 3.34. The summed E-state index contributed by atoms with van der Waals surface area (Å²) >= 11 is 0. The highest BCUT2D eigenvalue weighted by molar-refractivity contribution is 5.94. The number of halogens is 2. The molecule has 112 valence electrons. The summed E-state index contributed by atoms with van der Waals surface area (Å²) < 4.78 is 27.0. The van der Waals surface area contributed by atoms with E-state index < -0.39 is 33.7 Å². The number of allylic oxidation sites excluding steroid dienone is 1. The summed E-state index contributed by atoms with van der Waals surface area (Å²) in [5.74, 6) is -3.12. The summed E-state index contributed by atoms with van der Waals surface area (Å²) in [7, 11) is 0. The molecule has 0 saturated carbocycles. The third kappa shape index (κ3) is 3.62. The number of carbonyl (C=O) groups excluding carboxylic acids is 1. The van der Waals surface area contributed by atoms with E-state index in [9.17, 15) is 23.7 Å². The maximum Gasteiger partial charge on any atom is 0.307 e. The Bertz CT molecular complexity index is 614. The SMILES string of the molecule is O=C(NCCC1=CCCC1)c1cc(F)c([N+](=O)[O-])cc1F. The smallest absolute Gasteiger partial charge is 0.307 e. The van der Waals surface area contributed by atoms with Gasteiger partial charge in [0, 0.05) is 6.54 Å². The Labute approximate surface area is 119 Å². The predicted molar refractivity (Wildman–Crippen MR) is 71.9 cm³/mol. The molecule has 7 heteroatoms. The van der Waals surface area contributed by atoms with Crippen LogP contribution >= 0.6 is 0 Å². The molecule has 1 aliphatic carbocycles. The number of nitro groups is 1. The largest absolute Gasteiger partial charge is 0.352 e. The Morgan fingerprint density at radius 2 is 2.10 bits per heavy atom. The number of nitrogens with one attached hydrogen (secondary N) is 1. The van der Waals surface area contributed by atoms with E-state index in [1.165, 1.54) is 5.57 Å². The minimum Gasteiger partial charge on any atom is -0.352 e. The molecule has 21 heavy (non-hydrogen) atoms. The number of carbonyl (C=O) groups is 1. The first-order valence-corrected chi connectivity index (χ1v) is 6.58. The highest BCUT2D eigenvalue weighted by Crippen LogP contribution is 2.22. The average Bonchev–Trinajstić information content (AvgIpc) is 2.93. The normalized spacial score (nSPS) is 13.9. The molecule has 0 fully saturated rings. The zero-order valence-electron chi connectivity index (χ0n) is 11.2. The second kappa shape index (κ2) is 6.43. The van der Waals surface area contributed by atoms with Gasteiger partial charge in [0.25, 0.3) is 5.91 Å². The van der Waals surface area contributed by atoms with Gasteiger partial charge in [0.05, 0.1) is 16.6 Å². The van der Waals surface area contributed by atoms with E-state index in [-0.39, 0.29) is 0 Å². The molecule has 5 nitrogen and oxygen atoms in total. The molecular weight excluding hydrogens is 282 g/mol. The van der Waals surface area contributed by atoms with Gasteiger partial charge in [-0.1, -0.05) is 11.6 Å². The van der Waals surface area contributed by atoms with Gasteiger partial charge < -0.3 is 5.32 Å². The van der Waals surface area contributed by atoms with Gasteiger partial charge in [-0.2, -0.15) is 4.39 Å². The van der Waals surface area contributed by atoms with Gasteiger partial charge in [-0.25, -0.2) is 4.39 Å². The van der Waals surface area contributed by atoms with Gasteiger partial charge in [0.1, 0.15) is 5.82 Å². The van der Waals surface area contributed by atoms with Crippen molar-refractivity contribution in [3.8, 4) is 0 Å². The zero-order chi connectivity index (χ0) is 15.4. The van der Waals surface area contributed by atoms with Crippen molar-refractivity contribution in [2.75, 3.05) is 6.54 Å². The van der Waals surface area contributed by atoms with Crippen LogP contribution in [0.3, 0.4) is 0 Å². The molecule has 0 atom stereocenters. The van der Waals surface area contributed by atoms with Crippen molar-refractivity contribution in [3.63, 3.8) is 0 Å². The summed E-state index contributed by atoms with van der Waals surface area (Å²) in [6.07, 6.45) is 5.91. The second-order valence-electron chi connectivity index (χ2n) is 4.80. The molecule has 1 aliphatic rings. The summed E-state index contributed by atoms with van der Waals surface area (Å²) in [4.78, 5) is 21.2. The molecule has 1 N–H and O–H groups in total. The van der Waals surface area contributed by atoms with Gasteiger partial charge in [-0.15, -0.1) is 0 Å². The quantitative estimate of drug-likeness (QED) is 0.515. The summed E-state index contributed by atoms with van der Waals surface area (Å²) in [5, 5.41) is 13.0. The number of hydrogen-bond donors (Lipinski definition) is 1. The molecule has 0 unspecified atom stereocenters. The van der Waals surface area contributed by atoms with Gasteiger partial charge in [-0.05, 0) is 31.7 Å². The zero-order valence-corrected chi connectivity index (χ0v) is 11.2. The predicted octanol–water partition coefficient (Wildman–Crippen LogP) is 3.10. The molecule has 1 aromatic rings. The van der Waals surface area contributed by atoms with Crippen molar-refractivity contribution in [2.45, 2.75) is 25.7 Å². The lowest BCUT2D eigenvalue weighted by Crippen LogP contribution is -2.25. The van der Waals surface area contributed by atoms with Crippen LogP contribution in [0, 0.1) is 21.7 Å². The lowest BCUT2D eigenvalue weighted by molar-refractivity contribution is -0.387. The Hall–Kier alpha value is -2.31. The molecule has 0 aromatic heterocycles. The van der Waals surface area contributed by atoms with E-state index in [2.05, 4.69) is 11.4 Å². The van der Waals surface area contributed by atoms with Crippen LogP contribution in [0.25, 0.3) is 0 Å². The number of hydrogen-bond acceptors (Lipinski definition) is 3. The van der Waals surface area contributed by atoms with Crippen molar-refractivity contribution in [1.29, 1.82) is 0 Å². The van der Waals surface area contributed by atoms with Crippen molar-refractivity contribution in [3.05, 3.63) is 51.1 Å². The van der Waals surface area contributed by atoms with Gasteiger partial charge in [-0.3, -0.25) is 14.9 Å². The van der Waals surface area contributed by atoms with Crippen LogP contribution in [0.15, 0.2) is 23.8 Å². The minimum absolute atomic E-state index is 0.322. The van der Waals surface area contributed by atoms with E-state index in [0.717, 1.165) is 19.3 Å². The first kappa shape index (κ1) is 15.1. The number of nitro benzene ring substituents is 1. The van der Waals surface area contributed by atoms with Gasteiger partial charge in [0.2, 0.25) is 5.82 Å². The molecule has 0 radical (unpaired) electrons. The van der Waals surface area contributed by atoms with Gasteiger partial charge in [0.15, 0.2) is 0 Å². The highest BCUT2D eigenvalue weighted by Gasteiger charge is 2.21. The maximum absolute atomic E-state index is 13.6. The van der Waals surface area contributed by atoms with Crippen LogP contribution < -0.4 is 5.32 Å². The summed E-state index contributed by atoms with van der Waals surface area (Å²) in [6, 6.07) is 0.974. The van der Waals surface area contributed by atoms with Crippen molar-refractivity contribution >= 4 is 11.6 Å². The van der Waals surface area contributed by atoms with Crippen LogP contribution in [0.1, 0.15) is 36.0 Å². The lowest BCUT2D eigenvalue weighted by atomic mass is 10.1. The maximum atomic E-state index is 13.6. The first-order valence-electron chi connectivity index (χ1n) is 6.58. The van der Waals surface area contributed by atoms with E-state index in [1.807, 2.05) is 0 Å². The molecular formula is C14H14F2N2O3. The monoisotopic (exact) mass is 296 g/mol. The van der Waals surface area contributed by atoms with Crippen LogP contribution in [0.4, 0.5) is 14.5 Å². The Kier molecular flexibility index (Phi) is 4.62. The van der Waals surface area contributed by atoms with Crippen LogP contribution in [0.5, 0.6) is 0 Å². The summed E-state index contributed by atoms with van der Waals surface area (Å²) in [5.41, 5.74) is -0.274. The Balaban J connectivity index is 2.01. The van der Waals surface area contributed by atoms with Crippen molar-refractivity contribution in [1.82, 2.24) is 5.32 Å². The number of benzene rings is 1. The minimum atomic E-state index is -1.23. The topological polar surface area (TPSA) is 72.2 Å². The molecule has 0 bridgehead atoms. The highest BCUT2D eigenvalue weighted by atomic mass is 19.1. The molecule has 0 spiro atoms. The fourth-order valence-corrected chi connectivity index (χ4v) is 2.25. The lowest BCUT2D eigenvalue weighted by Gasteiger charge is -2.07. The molecule has 1 aromatic carbocycles. The fourth-order valence-electron chi connectivity index (χ4n) is 2.25. The first-order chi connectivity index (χ1) is 9.99. The number of nitrogens with zero attached hydrogens (tertiary/aromatic N) is 1. The van der Waals surface area contributed by atoms with E-state index in [0.29, 0.717) is 25.1 Å². The van der Waals surface area contributed by atoms with Crippen LogP contribution in [0.2, 0.25) is 0 Å². The van der Waals surface area contributed by atoms with Gasteiger partial charge >= 0.3 is 5.69 Å². The standard InChI is InChI=1S/C14H14F2N2O3/c15-11-8-13(18(20)21)12(16)7-10(11)14(19)17-6-5-9-3-1-2-4-9/h3,7-8H,1-2,4-6H2,(H,17,19). The molecule has 1 amide bonds.